The van der Waals surface area contributed by atoms with Crippen LogP contribution in [0.25, 0.3) is 0 Å². The molecular weight excluding hydrogens is 198 g/mol. The van der Waals surface area contributed by atoms with E-state index >= 15 is 0 Å². The normalized spacial score (nSPS) is 20.1. The van der Waals surface area contributed by atoms with Gasteiger partial charge in [-0.05, 0) is 56.5 Å². The smallest absolute Gasteiger partial charge is 0.122 e. The number of aryl methyl sites for hydroxylation is 2. The Morgan fingerprint density at radius 3 is 2.81 bits per heavy atom. The van der Waals surface area contributed by atoms with Crippen molar-refractivity contribution in [2.75, 3.05) is 19.7 Å². The van der Waals surface area contributed by atoms with Gasteiger partial charge < -0.3 is 10.1 Å². The number of nitrogens with one attached hydrogen (secondary N) is 1. The Labute approximate surface area is 98.0 Å². The molecule has 2 nitrogen and oxygen atoms in total. The van der Waals surface area contributed by atoms with Gasteiger partial charge in [0.15, 0.2) is 0 Å². The van der Waals surface area contributed by atoms with E-state index in [1.54, 1.807) is 0 Å². The van der Waals surface area contributed by atoms with Crippen LogP contribution in [-0.2, 0) is 0 Å². The molecular formula is C14H21NO. The number of ether oxygens (including phenoxy) is 1. The fraction of sp³-hybridized carbons (Fsp3) is 0.571. The van der Waals surface area contributed by atoms with Crippen LogP contribution < -0.4 is 10.1 Å². The summed E-state index contributed by atoms with van der Waals surface area (Å²) in [4.78, 5) is 0. The highest BCUT2D eigenvalue weighted by atomic mass is 16.5. The van der Waals surface area contributed by atoms with Crippen LogP contribution in [0, 0.1) is 26.7 Å². The predicted molar refractivity (Wildman–Crippen MR) is 67.1 cm³/mol. The van der Waals surface area contributed by atoms with Crippen LogP contribution in [0.3, 0.4) is 0 Å². The molecule has 1 N–H and O–H groups in total. The summed E-state index contributed by atoms with van der Waals surface area (Å²) in [6.07, 6.45) is 1.24. The Morgan fingerprint density at radius 2 is 2.12 bits per heavy atom. The van der Waals surface area contributed by atoms with Crippen LogP contribution in [0.15, 0.2) is 12.1 Å². The molecule has 2 heteroatoms. The van der Waals surface area contributed by atoms with Crippen molar-refractivity contribution in [2.45, 2.75) is 27.2 Å². The first-order valence-corrected chi connectivity index (χ1v) is 6.08. The van der Waals surface area contributed by atoms with Crippen LogP contribution in [-0.4, -0.2) is 19.7 Å². The van der Waals surface area contributed by atoms with Gasteiger partial charge in [-0.1, -0.05) is 6.07 Å². The minimum absolute atomic E-state index is 0.681. The fourth-order valence-electron chi connectivity index (χ4n) is 2.22. The molecule has 88 valence electrons. The summed E-state index contributed by atoms with van der Waals surface area (Å²) < 4.78 is 5.94. The van der Waals surface area contributed by atoms with E-state index in [0.29, 0.717) is 5.92 Å². The lowest BCUT2D eigenvalue weighted by Gasteiger charge is -2.15. The van der Waals surface area contributed by atoms with Gasteiger partial charge in [-0.15, -0.1) is 0 Å². The van der Waals surface area contributed by atoms with Crippen LogP contribution in [0.4, 0.5) is 0 Å². The number of benzene rings is 1. The third-order valence-corrected chi connectivity index (χ3v) is 3.40. The summed E-state index contributed by atoms with van der Waals surface area (Å²) in [6, 6.07) is 4.35. The maximum atomic E-state index is 5.94. The molecule has 1 fully saturated rings. The summed E-state index contributed by atoms with van der Waals surface area (Å²) in [6.45, 7) is 9.49. The second kappa shape index (κ2) is 4.88. The molecule has 0 unspecified atom stereocenters. The van der Waals surface area contributed by atoms with E-state index in [-0.39, 0.29) is 0 Å². The van der Waals surface area contributed by atoms with E-state index in [1.807, 2.05) is 0 Å². The van der Waals surface area contributed by atoms with Crippen LogP contribution in [0.2, 0.25) is 0 Å². The average Bonchev–Trinajstić information content (AvgIpc) is 2.74. The number of hydrogen-bond donors (Lipinski definition) is 1. The van der Waals surface area contributed by atoms with Gasteiger partial charge >= 0.3 is 0 Å². The molecule has 1 aliphatic heterocycles. The Balaban J connectivity index is 2.02. The summed E-state index contributed by atoms with van der Waals surface area (Å²) in [5, 5.41) is 3.37. The predicted octanol–water partition coefficient (Wildman–Crippen LogP) is 2.60. The molecule has 1 saturated heterocycles. The summed E-state index contributed by atoms with van der Waals surface area (Å²) in [5.74, 6) is 1.74. The van der Waals surface area contributed by atoms with Gasteiger partial charge in [-0.2, -0.15) is 0 Å². The zero-order chi connectivity index (χ0) is 11.5. The van der Waals surface area contributed by atoms with Crippen LogP contribution in [0.1, 0.15) is 23.1 Å². The largest absolute Gasteiger partial charge is 0.493 e. The maximum Gasteiger partial charge on any atom is 0.122 e. The lowest BCUT2D eigenvalue weighted by atomic mass is 10.1. The van der Waals surface area contributed by atoms with E-state index < -0.39 is 0 Å². The van der Waals surface area contributed by atoms with Gasteiger partial charge in [0.05, 0.1) is 6.61 Å². The molecule has 0 amide bonds. The number of hydrogen-bond acceptors (Lipinski definition) is 2. The second-order valence-electron chi connectivity index (χ2n) is 4.87. The molecule has 1 heterocycles. The monoisotopic (exact) mass is 219 g/mol. The number of rotatable bonds is 3. The Kier molecular flexibility index (Phi) is 3.49. The molecule has 0 bridgehead atoms. The summed E-state index contributed by atoms with van der Waals surface area (Å²) in [5.41, 5.74) is 3.87. The van der Waals surface area contributed by atoms with E-state index in [4.69, 9.17) is 4.74 Å². The Morgan fingerprint density at radius 1 is 1.31 bits per heavy atom. The van der Waals surface area contributed by atoms with Gasteiger partial charge in [-0.25, -0.2) is 0 Å². The van der Waals surface area contributed by atoms with Crippen molar-refractivity contribution < 1.29 is 4.74 Å². The van der Waals surface area contributed by atoms with Crippen LogP contribution in [0.5, 0.6) is 5.75 Å². The second-order valence-corrected chi connectivity index (χ2v) is 4.87. The highest BCUT2D eigenvalue weighted by Gasteiger charge is 2.15. The molecule has 0 spiro atoms. The molecule has 16 heavy (non-hydrogen) atoms. The molecule has 1 aromatic rings. The Bertz CT molecular complexity index is 367. The molecule has 1 aliphatic rings. The highest BCUT2D eigenvalue weighted by molar-refractivity contribution is 5.41. The zero-order valence-corrected chi connectivity index (χ0v) is 10.5. The van der Waals surface area contributed by atoms with E-state index in [0.717, 1.165) is 25.4 Å². The maximum absolute atomic E-state index is 5.94. The lowest BCUT2D eigenvalue weighted by Crippen LogP contribution is -2.16. The average molecular weight is 219 g/mol. The van der Waals surface area contributed by atoms with Gasteiger partial charge in [0.1, 0.15) is 5.75 Å². The highest BCUT2D eigenvalue weighted by Crippen LogP contribution is 2.24. The van der Waals surface area contributed by atoms with Crippen molar-refractivity contribution in [3.63, 3.8) is 0 Å². The van der Waals surface area contributed by atoms with Gasteiger partial charge in [-0.3, -0.25) is 0 Å². The molecule has 0 radical (unpaired) electrons. The van der Waals surface area contributed by atoms with E-state index in [1.165, 1.54) is 23.1 Å². The van der Waals surface area contributed by atoms with Crippen molar-refractivity contribution >= 4 is 0 Å². The first kappa shape index (κ1) is 11.5. The van der Waals surface area contributed by atoms with Crippen molar-refractivity contribution in [1.82, 2.24) is 5.32 Å². The zero-order valence-electron chi connectivity index (χ0n) is 10.5. The minimum atomic E-state index is 0.681. The lowest BCUT2D eigenvalue weighted by molar-refractivity contribution is 0.258. The molecule has 0 saturated carbocycles. The standard InChI is InChI=1S/C14H21NO/c1-10-6-11(2)12(3)14(7-10)16-9-13-4-5-15-8-13/h6-7,13,15H,4-5,8-9H2,1-3H3/t13-/m0/s1. The third-order valence-electron chi connectivity index (χ3n) is 3.40. The Hall–Kier alpha value is -1.02. The molecule has 1 atom stereocenters. The SMILES string of the molecule is Cc1cc(C)c(C)c(OC[C@H]2CCNC2)c1. The summed E-state index contributed by atoms with van der Waals surface area (Å²) >= 11 is 0. The quantitative estimate of drug-likeness (QED) is 0.843. The van der Waals surface area contributed by atoms with Crippen molar-refractivity contribution in [3.05, 3.63) is 28.8 Å². The van der Waals surface area contributed by atoms with E-state index in [2.05, 4.69) is 38.2 Å². The van der Waals surface area contributed by atoms with Crippen molar-refractivity contribution in [1.29, 1.82) is 0 Å². The van der Waals surface area contributed by atoms with E-state index in [9.17, 15) is 0 Å². The molecule has 0 aliphatic carbocycles. The first-order chi connectivity index (χ1) is 7.66. The summed E-state index contributed by atoms with van der Waals surface area (Å²) in [7, 11) is 0. The third kappa shape index (κ3) is 2.56. The molecule has 1 aromatic carbocycles. The fourth-order valence-corrected chi connectivity index (χ4v) is 2.22. The van der Waals surface area contributed by atoms with Crippen LogP contribution >= 0.6 is 0 Å². The van der Waals surface area contributed by atoms with Crippen molar-refractivity contribution in [3.8, 4) is 5.75 Å². The van der Waals surface area contributed by atoms with Gasteiger partial charge in [0.25, 0.3) is 0 Å². The van der Waals surface area contributed by atoms with Crippen molar-refractivity contribution in [2.24, 2.45) is 5.92 Å². The van der Waals surface area contributed by atoms with Gasteiger partial charge in [0.2, 0.25) is 0 Å². The van der Waals surface area contributed by atoms with Gasteiger partial charge in [0, 0.05) is 12.5 Å². The topological polar surface area (TPSA) is 21.3 Å². The minimum Gasteiger partial charge on any atom is -0.493 e. The molecule has 2 rings (SSSR count). The molecule has 0 aromatic heterocycles. The first-order valence-electron chi connectivity index (χ1n) is 6.08.